The number of benzene rings is 1. The highest BCUT2D eigenvalue weighted by Crippen LogP contribution is 2.33. The van der Waals surface area contributed by atoms with Crippen molar-refractivity contribution in [3.05, 3.63) is 41.0 Å². The Labute approximate surface area is 123 Å². The minimum atomic E-state index is -4.94. The summed E-state index contributed by atoms with van der Waals surface area (Å²) >= 11 is 0. The van der Waals surface area contributed by atoms with Gasteiger partial charge in [0.05, 0.1) is 5.56 Å². The second-order valence-electron chi connectivity index (χ2n) is 4.45. The van der Waals surface area contributed by atoms with Crippen LogP contribution in [-0.2, 0) is 16.2 Å². The molecule has 0 saturated heterocycles. The van der Waals surface area contributed by atoms with Gasteiger partial charge in [-0.1, -0.05) is 5.16 Å². The maximum atomic E-state index is 13.2. The summed E-state index contributed by atoms with van der Waals surface area (Å²) in [5.74, 6) is -1.50. The van der Waals surface area contributed by atoms with E-state index in [4.69, 9.17) is 4.52 Å². The van der Waals surface area contributed by atoms with Gasteiger partial charge in [0.25, 0.3) is 10.0 Å². The Morgan fingerprint density at radius 2 is 1.86 bits per heavy atom. The third-order valence-corrected chi connectivity index (χ3v) is 4.39. The van der Waals surface area contributed by atoms with Crippen molar-refractivity contribution in [3.8, 4) is 0 Å². The standard InChI is InChI=1S/C12H10F4N2O3S/c1-6-11(7(2)21-17-6)22(19,20)18-8-3-4-10(13)9(5-8)12(14,15)16/h3-5,18H,1-2H3. The van der Waals surface area contributed by atoms with Crippen LogP contribution in [0.4, 0.5) is 23.2 Å². The lowest BCUT2D eigenvalue weighted by Gasteiger charge is -2.12. The van der Waals surface area contributed by atoms with E-state index in [0.717, 1.165) is 6.07 Å². The molecule has 0 radical (unpaired) electrons. The number of hydrogen-bond donors (Lipinski definition) is 1. The number of nitrogens with one attached hydrogen (secondary N) is 1. The zero-order valence-electron chi connectivity index (χ0n) is 11.3. The van der Waals surface area contributed by atoms with Crippen LogP contribution in [0, 0.1) is 19.7 Å². The lowest BCUT2D eigenvalue weighted by Crippen LogP contribution is -2.16. The molecule has 0 aliphatic carbocycles. The summed E-state index contributed by atoms with van der Waals surface area (Å²) in [5.41, 5.74) is -1.93. The van der Waals surface area contributed by atoms with Crippen molar-refractivity contribution in [1.29, 1.82) is 0 Å². The quantitative estimate of drug-likeness (QED) is 0.872. The first-order chi connectivity index (χ1) is 10.0. The number of sulfonamides is 1. The molecule has 0 unspecified atom stereocenters. The summed E-state index contributed by atoms with van der Waals surface area (Å²) in [6, 6.07) is 1.80. The van der Waals surface area contributed by atoms with Gasteiger partial charge in [0.2, 0.25) is 0 Å². The molecule has 1 heterocycles. The highest BCUT2D eigenvalue weighted by Gasteiger charge is 2.34. The Morgan fingerprint density at radius 1 is 1.23 bits per heavy atom. The Balaban J connectivity index is 2.43. The van der Waals surface area contributed by atoms with Crippen LogP contribution in [0.25, 0.3) is 0 Å². The minimum Gasteiger partial charge on any atom is -0.360 e. The maximum absolute atomic E-state index is 13.2. The molecule has 0 aliphatic heterocycles. The lowest BCUT2D eigenvalue weighted by atomic mass is 10.2. The van der Waals surface area contributed by atoms with Crippen LogP contribution in [0.3, 0.4) is 0 Å². The van der Waals surface area contributed by atoms with E-state index in [2.05, 4.69) is 5.16 Å². The van der Waals surface area contributed by atoms with E-state index in [0.29, 0.717) is 12.1 Å². The van der Waals surface area contributed by atoms with Crippen LogP contribution >= 0.6 is 0 Å². The number of nitrogens with zero attached hydrogens (tertiary/aromatic N) is 1. The average molecular weight is 338 g/mol. The van der Waals surface area contributed by atoms with Gasteiger partial charge in [-0.2, -0.15) is 13.2 Å². The van der Waals surface area contributed by atoms with E-state index in [1.165, 1.54) is 13.8 Å². The molecule has 0 atom stereocenters. The second-order valence-corrected chi connectivity index (χ2v) is 6.07. The number of aromatic nitrogens is 1. The topological polar surface area (TPSA) is 72.2 Å². The van der Waals surface area contributed by atoms with Crippen LogP contribution in [0.2, 0.25) is 0 Å². The van der Waals surface area contributed by atoms with Gasteiger partial charge in [0.1, 0.15) is 11.5 Å². The molecule has 10 heteroatoms. The highest BCUT2D eigenvalue weighted by molar-refractivity contribution is 7.92. The largest absolute Gasteiger partial charge is 0.419 e. The molecule has 0 amide bonds. The summed E-state index contributed by atoms with van der Waals surface area (Å²) in [4.78, 5) is -0.273. The average Bonchev–Trinajstić information content (AvgIpc) is 2.70. The fourth-order valence-corrected chi connectivity index (χ4v) is 3.25. The van der Waals surface area contributed by atoms with Gasteiger partial charge >= 0.3 is 6.18 Å². The normalized spacial score (nSPS) is 12.5. The highest BCUT2D eigenvalue weighted by atomic mass is 32.2. The minimum absolute atomic E-state index is 0.0110. The van der Waals surface area contributed by atoms with Gasteiger partial charge in [-0.15, -0.1) is 0 Å². The van der Waals surface area contributed by atoms with E-state index in [9.17, 15) is 26.0 Å². The van der Waals surface area contributed by atoms with Crippen molar-refractivity contribution in [2.24, 2.45) is 0 Å². The van der Waals surface area contributed by atoms with E-state index in [1.54, 1.807) is 0 Å². The molecule has 0 bridgehead atoms. The lowest BCUT2D eigenvalue weighted by molar-refractivity contribution is -0.139. The number of alkyl halides is 3. The van der Waals surface area contributed by atoms with Crippen LogP contribution in [0.5, 0.6) is 0 Å². The predicted molar refractivity (Wildman–Crippen MR) is 68.2 cm³/mol. The van der Waals surface area contributed by atoms with Gasteiger partial charge in [0.15, 0.2) is 10.7 Å². The summed E-state index contributed by atoms with van der Waals surface area (Å²) in [7, 11) is -4.20. The molecule has 0 aliphatic rings. The number of aryl methyl sites for hydroxylation is 2. The Morgan fingerprint density at radius 3 is 2.36 bits per heavy atom. The third-order valence-electron chi connectivity index (χ3n) is 2.76. The Kier molecular flexibility index (Phi) is 3.90. The molecule has 0 spiro atoms. The number of anilines is 1. The fourth-order valence-electron chi connectivity index (χ4n) is 1.87. The van der Waals surface area contributed by atoms with Crippen LogP contribution in [-0.4, -0.2) is 13.6 Å². The van der Waals surface area contributed by atoms with Crippen molar-refractivity contribution in [3.63, 3.8) is 0 Å². The number of hydrogen-bond acceptors (Lipinski definition) is 4. The first-order valence-corrected chi connectivity index (χ1v) is 7.33. The first-order valence-electron chi connectivity index (χ1n) is 5.85. The third kappa shape index (κ3) is 3.06. The second kappa shape index (κ2) is 5.27. The molecular weight excluding hydrogens is 328 g/mol. The van der Waals surface area contributed by atoms with E-state index in [1.807, 2.05) is 4.72 Å². The molecule has 1 aromatic carbocycles. The molecule has 2 rings (SSSR count). The summed E-state index contributed by atoms with van der Waals surface area (Å²) < 4.78 is 82.0. The molecule has 0 fully saturated rings. The van der Waals surface area contributed by atoms with Crippen LogP contribution < -0.4 is 4.72 Å². The van der Waals surface area contributed by atoms with Gasteiger partial charge in [-0.25, -0.2) is 12.8 Å². The van der Waals surface area contributed by atoms with Crippen molar-refractivity contribution in [2.75, 3.05) is 4.72 Å². The predicted octanol–water partition coefficient (Wildman–Crippen LogP) is 3.25. The molecule has 22 heavy (non-hydrogen) atoms. The summed E-state index contributed by atoms with van der Waals surface area (Å²) in [6.07, 6.45) is -4.94. The smallest absolute Gasteiger partial charge is 0.360 e. The zero-order valence-corrected chi connectivity index (χ0v) is 12.1. The Bertz CT molecular complexity index is 793. The van der Waals surface area contributed by atoms with E-state index >= 15 is 0 Å². The number of rotatable bonds is 3. The van der Waals surface area contributed by atoms with Gasteiger partial charge < -0.3 is 4.52 Å². The van der Waals surface area contributed by atoms with Crippen molar-refractivity contribution in [1.82, 2.24) is 5.16 Å². The molecule has 1 N–H and O–H groups in total. The molecule has 0 saturated carbocycles. The van der Waals surface area contributed by atoms with Crippen molar-refractivity contribution >= 4 is 15.7 Å². The van der Waals surface area contributed by atoms with Gasteiger partial charge in [0, 0.05) is 5.69 Å². The van der Waals surface area contributed by atoms with Gasteiger partial charge in [-0.05, 0) is 32.0 Å². The molecule has 1 aromatic heterocycles. The van der Waals surface area contributed by atoms with Crippen molar-refractivity contribution in [2.45, 2.75) is 24.9 Å². The summed E-state index contributed by atoms with van der Waals surface area (Å²) in [5, 5.41) is 3.46. The Hall–Kier alpha value is -2.10. The van der Waals surface area contributed by atoms with Crippen LogP contribution in [0.1, 0.15) is 17.0 Å². The van der Waals surface area contributed by atoms with E-state index in [-0.39, 0.29) is 16.3 Å². The van der Waals surface area contributed by atoms with Crippen LogP contribution in [0.15, 0.2) is 27.6 Å². The summed E-state index contributed by atoms with van der Waals surface area (Å²) in [6.45, 7) is 2.72. The zero-order chi connectivity index (χ0) is 16.7. The fraction of sp³-hybridized carbons (Fsp3) is 0.250. The maximum Gasteiger partial charge on any atom is 0.419 e. The monoisotopic (exact) mass is 338 g/mol. The SMILES string of the molecule is Cc1noc(C)c1S(=O)(=O)Nc1ccc(F)c(C(F)(F)F)c1. The number of halogens is 4. The van der Waals surface area contributed by atoms with Gasteiger partial charge in [-0.3, -0.25) is 4.72 Å². The van der Waals surface area contributed by atoms with Crippen molar-refractivity contribution < 1.29 is 30.5 Å². The molecular formula is C12H10F4N2O3S. The molecule has 2 aromatic rings. The molecule has 120 valence electrons. The molecule has 5 nitrogen and oxygen atoms in total. The first kappa shape index (κ1) is 16.3. The van der Waals surface area contributed by atoms with E-state index < -0.39 is 33.3 Å².